The second kappa shape index (κ2) is 7.09. The second-order valence-electron chi connectivity index (χ2n) is 5.74. The summed E-state index contributed by atoms with van der Waals surface area (Å²) in [5.41, 5.74) is -0.676. The standard InChI is InChI=1S/C15H21ClFNO3/c1-5-11(18-14(20)21-15(2,3)4)13(19)12-9(16)7-6-8-10(12)17/h6-8,11,13,19H,5H2,1-4H3,(H,18,20). The van der Waals surface area contributed by atoms with E-state index in [1.165, 1.54) is 18.2 Å². The number of amides is 1. The maximum atomic E-state index is 13.8. The Kier molecular flexibility index (Phi) is 5.98. The molecule has 0 heterocycles. The van der Waals surface area contributed by atoms with E-state index in [4.69, 9.17) is 16.3 Å². The zero-order valence-electron chi connectivity index (χ0n) is 12.6. The van der Waals surface area contributed by atoms with Gasteiger partial charge in [-0.15, -0.1) is 0 Å². The number of carbonyl (C=O) groups is 1. The fourth-order valence-corrected chi connectivity index (χ4v) is 2.13. The number of nitrogens with one attached hydrogen (secondary N) is 1. The summed E-state index contributed by atoms with van der Waals surface area (Å²) in [6, 6.07) is 3.46. The molecule has 1 rings (SSSR count). The van der Waals surface area contributed by atoms with Crippen molar-refractivity contribution in [1.82, 2.24) is 5.32 Å². The highest BCUT2D eigenvalue weighted by molar-refractivity contribution is 6.31. The molecule has 0 radical (unpaired) electrons. The zero-order chi connectivity index (χ0) is 16.2. The Balaban J connectivity index is 2.87. The fourth-order valence-electron chi connectivity index (χ4n) is 1.86. The van der Waals surface area contributed by atoms with E-state index in [0.29, 0.717) is 6.42 Å². The lowest BCUT2D eigenvalue weighted by Crippen LogP contribution is -2.42. The van der Waals surface area contributed by atoms with Crippen LogP contribution in [0.5, 0.6) is 0 Å². The number of hydrogen-bond donors (Lipinski definition) is 2. The maximum Gasteiger partial charge on any atom is 0.407 e. The molecule has 0 fully saturated rings. The Labute approximate surface area is 129 Å². The Morgan fingerprint density at radius 1 is 1.48 bits per heavy atom. The molecule has 4 nitrogen and oxygen atoms in total. The molecule has 1 amide bonds. The van der Waals surface area contributed by atoms with Crippen molar-refractivity contribution in [2.45, 2.75) is 51.9 Å². The lowest BCUT2D eigenvalue weighted by atomic mass is 10.00. The SMILES string of the molecule is CCC(NC(=O)OC(C)(C)C)C(O)c1c(F)cccc1Cl. The van der Waals surface area contributed by atoms with E-state index in [9.17, 15) is 14.3 Å². The molecule has 0 saturated carbocycles. The summed E-state index contributed by atoms with van der Waals surface area (Å²) in [6.45, 7) is 6.97. The third kappa shape index (κ3) is 5.17. The van der Waals surface area contributed by atoms with E-state index in [2.05, 4.69) is 5.32 Å². The van der Waals surface area contributed by atoms with Crippen molar-refractivity contribution in [1.29, 1.82) is 0 Å². The van der Waals surface area contributed by atoms with Crippen LogP contribution in [0.4, 0.5) is 9.18 Å². The van der Waals surface area contributed by atoms with Crippen LogP contribution in [0.2, 0.25) is 5.02 Å². The fraction of sp³-hybridized carbons (Fsp3) is 0.533. The van der Waals surface area contributed by atoms with Gasteiger partial charge in [-0.2, -0.15) is 0 Å². The minimum absolute atomic E-state index is 0.0259. The smallest absolute Gasteiger partial charge is 0.407 e. The monoisotopic (exact) mass is 317 g/mol. The molecule has 0 aliphatic rings. The molecule has 6 heteroatoms. The molecular formula is C15H21ClFNO3. The summed E-state index contributed by atoms with van der Waals surface area (Å²) in [4.78, 5) is 11.8. The lowest BCUT2D eigenvalue weighted by Gasteiger charge is -2.26. The number of aliphatic hydroxyl groups excluding tert-OH is 1. The number of rotatable bonds is 4. The first-order chi connectivity index (χ1) is 9.65. The van der Waals surface area contributed by atoms with Crippen molar-refractivity contribution in [3.63, 3.8) is 0 Å². The molecule has 1 aromatic rings. The van der Waals surface area contributed by atoms with E-state index >= 15 is 0 Å². The molecule has 0 aromatic heterocycles. The third-order valence-electron chi connectivity index (χ3n) is 2.82. The van der Waals surface area contributed by atoms with Crippen LogP contribution >= 0.6 is 11.6 Å². The van der Waals surface area contributed by atoms with E-state index in [0.717, 1.165) is 0 Å². The molecule has 0 aliphatic carbocycles. The average molecular weight is 318 g/mol. The number of halogens is 2. The largest absolute Gasteiger partial charge is 0.444 e. The van der Waals surface area contributed by atoms with Crippen molar-refractivity contribution in [2.75, 3.05) is 0 Å². The first kappa shape index (κ1) is 17.7. The van der Waals surface area contributed by atoms with Crippen LogP contribution in [0.15, 0.2) is 18.2 Å². The highest BCUT2D eigenvalue weighted by Gasteiger charge is 2.27. The quantitative estimate of drug-likeness (QED) is 0.887. The van der Waals surface area contributed by atoms with Crippen molar-refractivity contribution in [2.24, 2.45) is 0 Å². The van der Waals surface area contributed by atoms with Crippen molar-refractivity contribution < 1.29 is 19.0 Å². The molecule has 118 valence electrons. The number of benzene rings is 1. The zero-order valence-corrected chi connectivity index (χ0v) is 13.4. The van der Waals surface area contributed by atoms with Crippen LogP contribution in [0.25, 0.3) is 0 Å². The van der Waals surface area contributed by atoms with Crippen LogP contribution in [0, 0.1) is 5.82 Å². The van der Waals surface area contributed by atoms with Gasteiger partial charge in [-0.05, 0) is 39.3 Å². The molecule has 2 unspecified atom stereocenters. The third-order valence-corrected chi connectivity index (χ3v) is 3.15. The van der Waals surface area contributed by atoms with Crippen molar-refractivity contribution in [3.8, 4) is 0 Å². The second-order valence-corrected chi connectivity index (χ2v) is 6.15. The first-order valence-corrected chi connectivity index (χ1v) is 7.15. The number of aliphatic hydroxyl groups is 1. The molecule has 0 aliphatic heterocycles. The van der Waals surface area contributed by atoms with Crippen LogP contribution in [0.3, 0.4) is 0 Å². The highest BCUT2D eigenvalue weighted by atomic mass is 35.5. The molecule has 2 atom stereocenters. The van der Waals surface area contributed by atoms with E-state index in [1.54, 1.807) is 27.7 Å². The summed E-state index contributed by atoms with van der Waals surface area (Å²) in [7, 11) is 0. The normalized spacial score (nSPS) is 14.4. The van der Waals surface area contributed by atoms with E-state index in [1.807, 2.05) is 0 Å². The van der Waals surface area contributed by atoms with Gasteiger partial charge < -0.3 is 15.2 Å². The molecule has 0 spiro atoms. The summed E-state index contributed by atoms with van der Waals surface area (Å²) < 4.78 is 18.9. The van der Waals surface area contributed by atoms with Crippen LogP contribution < -0.4 is 5.32 Å². The predicted octanol–water partition coefficient (Wildman–Crippen LogP) is 3.82. The molecule has 2 N–H and O–H groups in total. The summed E-state index contributed by atoms with van der Waals surface area (Å²) in [5, 5.41) is 13.0. The van der Waals surface area contributed by atoms with Gasteiger partial charge in [0.15, 0.2) is 0 Å². The minimum atomic E-state index is -1.25. The van der Waals surface area contributed by atoms with Gasteiger partial charge in [-0.1, -0.05) is 24.6 Å². The van der Waals surface area contributed by atoms with Crippen molar-refractivity contribution in [3.05, 3.63) is 34.6 Å². The molecule has 0 bridgehead atoms. The summed E-state index contributed by atoms with van der Waals surface area (Å²) in [5.74, 6) is -0.612. The maximum absolute atomic E-state index is 13.8. The van der Waals surface area contributed by atoms with Gasteiger partial charge in [0, 0.05) is 10.6 Å². The number of carbonyl (C=O) groups excluding carboxylic acids is 1. The van der Waals surface area contributed by atoms with Gasteiger partial charge in [-0.3, -0.25) is 0 Å². The van der Waals surface area contributed by atoms with Crippen LogP contribution in [0.1, 0.15) is 45.8 Å². The Morgan fingerprint density at radius 3 is 2.57 bits per heavy atom. The summed E-state index contributed by atoms with van der Waals surface area (Å²) >= 11 is 5.92. The van der Waals surface area contributed by atoms with Crippen LogP contribution in [-0.4, -0.2) is 22.8 Å². The van der Waals surface area contributed by atoms with Gasteiger partial charge in [0.2, 0.25) is 0 Å². The van der Waals surface area contributed by atoms with Gasteiger partial charge in [0.1, 0.15) is 17.5 Å². The lowest BCUT2D eigenvalue weighted by molar-refractivity contribution is 0.0414. The Morgan fingerprint density at radius 2 is 2.10 bits per heavy atom. The van der Waals surface area contributed by atoms with Gasteiger partial charge in [-0.25, -0.2) is 9.18 Å². The first-order valence-electron chi connectivity index (χ1n) is 6.77. The Hall–Kier alpha value is -1.33. The van der Waals surface area contributed by atoms with Gasteiger partial charge >= 0.3 is 6.09 Å². The van der Waals surface area contributed by atoms with Gasteiger partial charge in [0.05, 0.1) is 6.04 Å². The minimum Gasteiger partial charge on any atom is -0.444 e. The molecule has 21 heavy (non-hydrogen) atoms. The van der Waals surface area contributed by atoms with Gasteiger partial charge in [0.25, 0.3) is 0 Å². The number of hydrogen-bond acceptors (Lipinski definition) is 3. The highest BCUT2D eigenvalue weighted by Crippen LogP contribution is 2.29. The average Bonchev–Trinajstić information content (AvgIpc) is 2.33. The van der Waals surface area contributed by atoms with E-state index in [-0.39, 0.29) is 10.6 Å². The molecule has 0 saturated heterocycles. The van der Waals surface area contributed by atoms with Crippen LogP contribution in [-0.2, 0) is 4.74 Å². The summed E-state index contributed by atoms with van der Waals surface area (Å²) in [6.07, 6.45) is -1.53. The van der Waals surface area contributed by atoms with E-state index < -0.39 is 29.7 Å². The predicted molar refractivity (Wildman–Crippen MR) is 79.8 cm³/mol. The molecule has 1 aromatic carbocycles. The van der Waals surface area contributed by atoms with Crippen molar-refractivity contribution >= 4 is 17.7 Å². The topological polar surface area (TPSA) is 58.6 Å². The number of ether oxygens (including phenoxy) is 1. The molecular weight excluding hydrogens is 297 g/mol. The number of alkyl carbamates (subject to hydrolysis) is 1. The Bertz CT molecular complexity index is 482.